The topological polar surface area (TPSA) is 38.7 Å². The van der Waals surface area contributed by atoms with Crippen LogP contribution in [0.2, 0.25) is 5.15 Å². The lowest BCUT2D eigenvalue weighted by molar-refractivity contribution is 1.21. The van der Waals surface area contributed by atoms with Crippen LogP contribution in [0, 0.1) is 0 Å². The van der Waals surface area contributed by atoms with Crippen molar-refractivity contribution in [2.45, 2.75) is 0 Å². The normalized spacial score (nSPS) is 10.2. The Morgan fingerprint density at radius 2 is 1.95 bits per heavy atom. The van der Waals surface area contributed by atoms with Gasteiger partial charge in [-0.1, -0.05) is 27.5 Å². The van der Waals surface area contributed by atoms with Crippen LogP contribution in [0.4, 0.5) is 0 Å². The van der Waals surface area contributed by atoms with Crippen molar-refractivity contribution < 1.29 is 0 Å². The first-order chi connectivity index (χ1) is 8.74. The van der Waals surface area contributed by atoms with Gasteiger partial charge in [0.15, 0.2) is 5.82 Å². The molecule has 19 heavy (non-hydrogen) atoms. The number of hydrogen-bond donors (Lipinski definition) is 0. The van der Waals surface area contributed by atoms with Crippen molar-refractivity contribution in [3.8, 4) is 11.4 Å². The summed E-state index contributed by atoms with van der Waals surface area (Å²) in [5.41, 5.74) is 1.67. The molecule has 96 valence electrons. The van der Waals surface area contributed by atoms with Crippen molar-refractivity contribution in [3.05, 3.63) is 52.4 Å². The van der Waals surface area contributed by atoms with Gasteiger partial charge in [0.1, 0.15) is 5.15 Å². The molecular formula is C13H8BrCl2N3. The predicted octanol–water partition coefficient (Wildman–Crippen LogP) is 4.53. The fourth-order valence-electron chi connectivity index (χ4n) is 1.69. The second kappa shape index (κ2) is 5.82. The van der Waals surface area contributed by atoms with Gasteiger partial charge in [-0.3, -0.25) is 4.98 Å². The minimum Gasteiger partial charge on any atom is -0.264 e. The van der Waals surface area contributed by atoms with Crippen molar-refractivity contribution in [3.63, 3.8) is 0 Å². The van der Waals surface area contributed by atoms with Gasteiger partial charge >= 0.3 is 0 Å². The highest BCUT2D eigenvalue weighted by molar-refractivity contribution is 9.10. The first-order valence-corrected chi connectivity index (χ1v) is 6.44. The number of fused-ring (bicyclic) bond motifs is 1. The van der Waals surface area contributed by atoms with Crippen LogP contribution in [-0.2, 0) is 0 Å². The molecule has 3 rings (SSSR count). The molecule has 0 saturated heterocycles. The molecule has 0 atom stereocenters. The Kier molecular flexibility index (Phi) is 4.34. The van der Waals surface area contributed by atoms with E-state index in [0.717, 1.165) is 20.9 Å². The zero-order valence-electron chi connectivity index (χ0n) is 9.55. The molecule has 2 heterocycles. The zero-order valence-corrected chi connectivity index (χ0v) is 12.7. The summed E-state index contributed by atoms with van der Waals surface area (Å²) in [7, 11) is 0. The molecule has 0 unspecified atom stereocenters. The molecule has 0 aliphatic heterocycles. The lowest BCUT2D eigenvalue weighted by Crippen LogP contribution is -1.92. The summed E-state index contributed by atoms with van der Waals surface area (Å²) in [6.45, 7) is 0. The van der Waals surface area contributed by atoms with Gasteiger partial charge in [0.25, 0.3) is 0 Å². The lowest BCUT2D eigenvalue weighted by Gasteiger charge is -2.04. The molecule has 0 N–H and O–H groups in total. The summed E-state index contributed by atoms with van der Waals surface area (Å²) in [6.07, 6.45) is 3.43. The van der Waals surface area contributed by atoms with Crippen molar-refractivity contribution in [1.82, 2.24) is 15.0 Å². The van der Waals surface area contributed by atoms with Crippen LogP contribution in [0.5, 0.6) is 0 Å². The largest absolute Gasteiger partial charge is 0.264 e. The molecule has 6 heteroatoms. The van der Waals surface area contributed by atoms with Crippen LogP contribution in [0.15, 0.2) is 47.2 Å². The Bertz CT molecular complexity index is 720. The molecule has 0 aliphatic rings. The number of benzene rings is 1. The summed E-state index contributed by atoms with van der Waals surface area (Å²) < 4.78 is 0.953. The molecule has 0 aliphatic carbocycles. The minimum absolute atomic E-state index is 0. The number of hydrogen-bond acceptors (Lipinski definition) is 3. The van der Waals surface area contributed by atoms with Crippen molar-refractivity contribution in [2.75, 3.05) is 0 Å². The first kappa shape index (κ1) is 14.2. The van der Waals surface area contributed by atoms with Crippen LogP contribution in [0.3, 0.4) is 0 Å². The van der Waals surface area contributed by atoms with Gasteiger partial charge in [-0.05, 0) is 30.3 Å². The SMILES string of the molecule is Cl.Clc1nc(-c2cccnc2)nc2ccc(Br)cc12. The molecule has 1 aromatic carbocycles. The number of nitrogens with zero attached hydrogens (tertiary/aromatic N) is 3. The van der Waals surface area contributed by atoms with Gasteiger partial charge in [0.05, 0.1) is 5.52 Å². The third-order valence-electron chi connectivity index (χ3n) is 2.53. The molecule has 0 radical (unpaired) electrons. The number of aromatic nitrogens is 3. The molecule has 3 aromatic rings. The average molecular weight is 357 g/mol. The second-order valence-corrected chi connectivity index (χ2v) is 5.01. The van der Waals surface area contributed by atoms with Crippen LogP contribution in [0.25, 0.3) is 22.3 Å². The lowest BCUT2D eigenvalue weighted by atomic mass is 10.2. The molecule has 0 amide bonds. The fourth-order valence-corrected chi connectivity index (χ4v) is 2.28. The molecule has 0 saturated carbocycles. The summed E-state index contributed by atoms with van der Waals surface area (Å²) in [5.74, 6) is 0.586. The second-order valence-electron chi connectivity index (χ2n) is 3.74. The van der Waals surface area contributed by atoms with Gasteiger partial charge in [-0.15, -0.1) is 12.4 Å². The highest BCUT2D eigenvalue weighted by Gasteiger charge is 2.08. The standard InChI is InChI=1S/C13H7BrClN3.ClH/c14-9-3-4-11-10(6-9)12(15)18-13(17-11)8-2-1-5-16-7-8;/h1-7H;1H. The van der Waals surface area contributed by atoms with E-state index in [4.69, 9.17) is 11.6 Å². The van der Waals surface area contributed by atoms with Crippen LogP contribution < -0.4 is 0 Å². The van der Waals surface area contributed by atoms with E-state index < -0.39 is 0 Å². The van der Waals surface area contributed by atoms with Gasteiger partial charge < -0.3 is 0 Å². The molecule has 0 spiro atoms. The maximum absolute atomic E-state index is 6.19. The Morgan fingerprint density at radius 3 is 2.68 bits per heavy atom. The van der Waals surface area contributed by atoms with Gasteiger partial charge in [-0.25, -0.2) is 9.97 Å². The van der Waals surface area contributed by atoms with E-state index in [1.807, 2.05) is 30.3 Å². The maximum atomic E-state index is 6.19. The van der Waals surface area contributed by atoms with E-state index >= 15 is 0 Å². The quantitative estimate of drug-likeness (QED) is 0.601. The number of halogens is 3. The fraction of sp³-hybridized carbons (Fsp3) is 0. The molecule has 0 fully saturated rings. The monoisotopic (exact) mass is 355 g/mol. The molecular weight excluding hydrogens is 349 g/mol. The Labute approximate surface area is 129 Å². The van der Waals surface area contributed by atoms with Crippen LogP contribution in [-0.4, -0.2) is 15.0 Å². The van der Waals surface area contributed by atoms with E-state index in [2.05, 4.69) is 30.9 Å². The Balaban J connectivity index is 0.00000133. The Hall–Kier alpha value is -1.23. The third kappa shape index (κ3) is 2.86. The third-order valence-corrected chi connectivity index (χ3v) is 3.31. The highest BCUT2D eigenvalue weighted by Crippen LogP contribution is 2.26. The summed E-state index contributed by atoms with van der Waals surface area (Å²) >= 11 is 9.60. The summed E-state index contributed by atoms with van der Waals surface area (Å²) in [5, 5.41) is 1.28. The predicted molar refractivity (Wildman–Crippen MR) is 82.7 cm³/mol. The van der Waals surface area contributed by atoms with E-state index in [1.165, 1.54) is 0 Å². The van der Waals surface area contributed by atoms with Crippen molar-refractivity contribution in [2.24, 2.45) is 0 Å². The summed E-state index contributed by atoms with van der Waals surface area (Å²) in [4.78, 5) is 12.9. The zero-order chi connectivity index (χ0) is 12.5. The summed E-state index contributed by atoms with van der Waals surface area (Å²) in [6, 6.07) is 9.50. The smallest absolute Gasteiger partial charge is 0.163 e. The van der Waals surface area contributed by atoms with Crippen LogP contribution in [0.1, 0.15) is 0 Å². The highest BCUT2D eigenvalue weighted by atomic mass is 79.9. The molecule has 0 bridgehead atoms. The average Bonchev–Trinajstić information content (AvgIpc) is 2.40. The van der Waals surface area contributed by atoms with E-state index in [0.29, 0.717) is 11.0 Å². The first-order valence-electron chi connectivity index (χ1n) is 5.27. The van der Waals surface area contributed by atoms with E-state index in [-0.39, 0.29) is 12.4 Å². The van der Waals surface area contributed by atoms with Crippen molar-refractivity contribution in [1.29, 1.82) is 0 Å². The maximum Gasteiger partial charge on any atom is 0.163 e. The number of pyridine rings is 1. The van der Waals surface area contributed by atoms with Gasteiger partial charge in [0.2, 0.25) is 0 Å². The molecule has 3 nitrogen and oxygen atoms in total. The van der Waals surface area contributed by atoms with E-state index in [9.17, 15) is 0 Å². The Morgan fingerprint density at radius 1 is 1.11 bits per heavy atom. The van der Waals surface area contributed by atoms with Gasteiger partial charge in [-0.2, -0.15) is 0 Å². The number of rotatable bonds is 1. The minimum atomic E-state index is 0. The van der Waals surface area contributed by atoms with E-state index in [1.54, 1.807) is 12.4 Å². The van der Waals surface area contributed by atoms with Gasteiger partial charge in [0, 0.05) is 27.8 Å². The van der Waals surface area contributed by atoms with Crippen LogP contribution >= 0.6 is 39.9 Å². The molecule has 2 aromatic heterocycles. The van der Waals surface area contributed by atoms with Crippen molar-refractivity contribution >= 4 is 50.8 Å².